The molecule has 0 aliphatic carbocycles. The van der Waals surface area contributed by atoms with E-state index in [1.807, 2.05) is 13.8 Å². The average Bonchev–Trinajstić information content (AvgIpc) is 2.50. The largest absolute Gasteiger partial charge is 0.389 e. The molecule has 0 aromatic heterocycles. The van der Waals surface area contributed by atoms with Crippen molar-refractivity contribution in [3.63, 3.8) is 0 Å². The predicted molar refractivity (Wildman–Crippen MR) is 96.2 cm³/mol. The summed E-state index contributed by atoms with van der Waals surface area (Å²) in [5.74, 6) is 0.711. The van der Waals surface area contributed by atoms with E-state index in [1.54, 1.807) is 0 Å². The first kappa shape index (κ1) is 24.3. The lowest BCUT2D eigenvalue weighted by molar-refractivity contribution is 0.234. The van der Waals surface area contributed by atoms with Gasteiger partial charge in [0.05, 0.1) is 0 Å². The molecule has 20 heavy (non-hydrogen) atoms. The van der Waals surface area contributed by atoms with Crippen molar-refractivity contribution in [2.45, 2.75) is 60.3 Å². The van der Waals surface area contributed by atoms with E-state index in [9.17, 15) is 0 Å². The molecule has 1 heterocycles. The summed E-state index contributed by atoms with van der Waals surface area (Å²) in [4.78, 5) is 2.39. The summed E-state index contributed by atoms with van der Waals surface area (Å²) in [6.07, 6.45) is 4.98. The molecule has 0 amide bonds. The second-order valence-electron chi connectivity index (χ2n) is 4.74. The molecule has 1 aliphatic rings. The molecule has 2 nitrogen and oxygen atoms in total. The Balaban J connectivity index is -0.000000355. The van der Waals surface area contributed by atoms with Gasteiger partial charge in [0.15, 0.2) is 0 Å². The number of likely N-dealkylation sites (tertiary alicyclic amines) is 1. The third kappa shape index (κ3) is 15.3. The fourth-order valence-corrected chi connectivity index (χ4v) is 1.79. The molecule has 1 saturated heterocycles. The molecule has 0 unspecified atom stereocenters. The van der Waals surface area contributed by atoms with Crippen LogP contribution in [0, 0.1) is 5.92 Å². The van der Waals surface area contributed by atoms with E-state index in [0.29, 0.717) is 5.92 Å². The van der Waals surface area contributed by atoms with Crippen LogP contribution in [-0.4, -0.2) is 31.6 Å². The smallest absolute Gasteiger partial charge is 0.0141 e. The third-order valence-corrected chi connectivity index (χ3v) is 2.81. The molecular formula is C18H40N2. The van der Waals surface area contributed by atoms with Crippen molar-refractivity contribution < 1.29 is 0 Å². The van der Waals surface area contributed by atoms with Crippen LogP contribution >= 0.6 is 0 Å². The summed E-state index contributed by atoms with van der Waals surface area (Å²) < 4.78 is 0. The normalized spacial score (nSPS) is 14.5. The van der Waals surface area contributed by atoms with E-state index in [1.165, 1.54) is 44.5 Å². The lowest BCUT2D eigenvalue weighted by atomic mass is 9.94. The number of hydrogen-bond donors (Lipinski definition) is 1. The fourth-order valence-electron chi connectivity index (χ4n) is 1.79. The Hall–Kier alpha value is -0.760. The van der Waals surface area contributed by atoms with Crippen LogP contribution in [0.5, 0.6) is 0 Å². The van der Waals surface area contributed by atoms with E-state index < -0.39 is 0 Å². The minimum absolute atomic E-state index is 0.711. The Morgan fingerprint density at radius 1 is 1.10 bits per heavy atom. The lowest BCUT2D eigenvalue weighted by Crippen LogP contribution is -2.33. The Bertz CT molecular complexity index is 182. The highest BCUT2D eigenvalue weighted by Crippen LogP contribution is 2.20. The van der Waals surface area contributed by atoms with Gasteiger partial charge in [-0.05, 0) is 39.4 Å². The standard InChI is InChI=1S/C11H22N2.C3H8.C2H6.C2H4/c1-4-7-12-10(2)11-5-8-13(3)9-6-11;1-3-2;2*1-2/h11-12H,2,4-9H2,1,3H3;3H2,1-2H3;1-2H3;1-2H2. The highest BCUT2D eigenvalue weighted by atomic mass is 15.1. The van der Waals surface area contributed by atoms with Crippen molar-refractivity contribution in [2.75, 3.05) is 26.7 Å². The van der Waals surface area contributed by atoms with Crippen LogP contribution in [0.25, 0.3) is 0 Å². The van der Waals surface area contributed by atoms with Crippen LogP contribution in [0.3, 0.4) is 0 Å². The van der Waals surface area contributed by atoms with Gasteiger partial charge < -0.3 is 10.2 Å². The topological polar surface area (TPSA) is 15.3 Å². The van der Waals surface area contributed by atoms with Crippen LogP contribution in [0.2, 0.25) is 0 Å². The first-order valence-electron chi connectivity index (χ1n) is 8.26. The van der Waals surface area contributed by atoms with Crippen LogP contribution in [-0.2, 0) is 0 Å². The van der Waals surface area contributed by atoms with Gasteiger partial charge in [-0.15, -0.1) is 13.2 Å². The molecule has 0 aromatic carbocycles. The Labute approximate surface area is 129 Å². The van der Waals surface area contributed by atoms with Gasteiger partial charge in [0.1, 0.15) is 0 Å². The molecule has 1 fully saturated rings. The first-order chi connectivity index (χ1) is 9.65. The van der Waals surface area contributed by atoms with E-state index in [0.717, 1.165) is 6.54 Å². The van der Waals surface area contributed by atoms with Gasteiger partial charge in [-0.25, -0.2) is 0 Å². The van der Waals surface area contributed by atoms with Gasteiger partial charge in [0.25, 0.3) is 0 Å². The summed E-state index contributed by atoms with van der Waals surface area (Å²) in [6, 6.07) is 0. The van der Waals surface area contributed by atoms with Gasteiger partial charge in [-0.3, -0.25) is 0 Å². The van der Waals surface area contributed by atoms with Crippen molar-refractivity contribution in [1.29, 1.82) is 0 Å². The van der Waals surface area contributed by atoms with Crippen LogP contribution in [0.15, 0.2) is 25.4 Å². The molecule has 2 heteroatoms. The van der Waals surface area contributed by atoms with Crippen molar-refractivity contribution >= 4 is 0 Å². The zero-order chi connectivity index (χ0) is 16.4. The first-order valence-corrected chi connectivity index (χ1v) is 8.26. The molecule has 1 aliphatic heterocycles. The van der Waals surface area contributed by atoms with Crippen LogP contribution in [0.1, 0.15) is 60.3 Å². The molecule has 0 radical (unpaired) electrons. The minimum Gasteiger partial charge on any atom is -0.389 e. The van der Waals surface area contributed by atoms with E-state index in [4.69, 9.17) is 0 Å². The summed E-state index contributed by atoms with van der Waals surface area (Å²) in [7, 11) is 2.19. The van der Waals surface area contributed by atoms with E-state index in [2.05, 4.69) is 57.8 Å². The number of piperidine rings is 1. The maximum absolute atomic E-state index is 4.11. The molecular weight excluding hydrogens is 244 g/mol. The third-order valence-electron chi connectivity index (χ3n) is 2.81. The molecule has 122 valence electrons. The SMILES string of the molecule is C=C.C=C(NCCC)C1CCN(C)CC1.CC.CCC. The number of hydrogen-bond acceptors (Lipinski definition) is 2. The monoisotopic (exact) mass is 284 g/mol. The Morgan fingerprint density at radius 3 is 1.85 bits per heavy atom. The number of nitrogens with one attached hydrogen (secondary N) is 1. The highest BCUT2D eigenvalue weighted by molar-refractivity contribution is 4.99. The van der Waals surface area contributed by atoms with Crippen LogP contribution in [0.4, 0.5) is 0 Å². The summed E-state index contributed by atoms with van der Waals surface area (Å²) in [5, 5.41) is 3.40. The number of nitrogens with zero attached hydrogens (tertiary/aromatic N) is 1. The molecule has 1 N–H and O–H groups in total. The predicted octanol–water partition coefficient (Wildman–Crippen LogP) is 5.09. The second-order valence-corrected chi connectivity index (χ2v) is 4.74. The minimum atomic E-state index is 0.711. The van der Waals surface area contributed by atoms with Crippen molar-refractivity contribution in [2.24, 2.45) is 5.92 Å². The van der Waals surface area contributed by atoms with Gasteiger partial charge in [-0.2, -0.15) is 0 Å². The molecule has 0 spiro atoms. The molecule has 0 atom stereocenters. The Kier molecular flexibility index (Phi) is 24.9. The molecule has 0 bridgehead atoms. The second kappa shape index (κ2) is 20.6. The Morgan fingerprint density at radius 2 is 1.50 bits per heavy atom. The maximum atomic E-state index is 4.11. The summed E-state index contributed by atoms with van der Waals surface area (Å²) in [5.41, 5.74) is 1.26. The fraction of sp³-hybridized carbons (Fsp3) is 0.778. The average molecular weight is 285 g/mol. The van der Waals surface area contributed by atoms with Gasteiger partial charge in [0.2, 0.25) is 0 Å². The van der Waals surface area contributed by atoms with E-state index in [-0.39, 0.29) is 0 Å². The zero-order valence-electron chi connectivity index (χ0n) is 15.1. The molecule has 0 saturated carbocycles. The molecule has 1 rings (SSSR count). The molecule has 0 aromatic rings. The zero-order valence-corrected chi connectivity index (χ0v) is 15.1. The van der Waals surface area contributed by atoms with Crippen molar-refractivity contribution in [3.8, 4) is 0 Å². The highest BCUT2D eigenvalue weighted by Gasteiger charge is 2.18. The quantitative estimate of drug-likeness (QED) is 0.724. The van der Waals surface area contributed by atoms with Gasteiger partial charge >= 0.3 is 0 Å². The van der Waals surface area contributed by atoms with Gasteiger partial charge in [0, 0.05) is 18.2 Å². The van der Waals surface area contributed by atoms with Gasteiger partial charge in [-0.1, -0.05) is 47.6 Å². The number of rotatable bonds is 4. The summed E-state index contributed by atoms with van der Waals surface area (Å²) >= 11 is 0. The maximum Gasteiger partial charge on any atom is 0.0141 e. The van der Waals surface area contributed by atoms with E-state index >= 15 is 0 Å². The summed E-state index contributed by atoms with van der Waals surface area (Å²) in [6.45, 7) is 24.1. The van der Waals surface area contributed by atoms with Crippen molar-refractivity contribution in [3.05, 3.63) is 25.4 Å². The lowest BCUT2D eigenvalue weighted by Gasteiger charge is -2.30. The van der Waals surface area contributed by atoms with Crippen molar-refractivity contribution in [1.82, 2.24) is 10.2 Å². The number of allylic oxidation sites excluding steroid dienone is 1. The van der Waals surface area contributed by atoms with Crippen LogP contribution < -0.4 is 5.32 Å².